The first-order valence-electron chi connectivity index (χ1n) is 12.3. The van der Waals surface area contributed by atoms with Crippen molar-refractivity contribution in [2.24, 2.45) is 0 Å². The molecule has 1 aromatic carbocycles. The number of benzene rings is 1. The van der Waals surface area contributed by atoms with E-state index in [9.17, 15) is 26.4 Å². The number of fused-ring (bicyclic) bond motifs is 2. The van der Waals surface area contributed by atoms with Crippen molar-refractivity contribution in [2.45, 2.75) is 17.5 Å². The number of anilines is 2. The summed E-state index contributed by atoms with van der Waals surface area (Å²) in [6.45, 7) is 0.783. The van der Waals surface area contributed by atoms with Gasteiger partial charge in [-0.3, -0.25) is 4.79 Å². The summed E-state index contributed by atoms with van der Waals surface area (Å²) in [6.07, 6.45) is 0.633. The fraction of sp³-hybridized carbons (Fsp3) is 0.280. The average molecular weight is 592 g/mol. The predicted octanol–water partition coefficient (Wildman–Crippen LogP) is 3.51. The lowest BCUT2D eigenvalue weighted by atomic mass is 10.2. The number of rotatable bonds is 4. The first kappa shape index (κ1) is 26.5. The molecule has 3 aromatic heterocycles. The van der Waals surface area contributed by atoms with E-state index in [0.717, 1.165) is 17.7 Å². The molecule has 40 heavy (non-hydrogen) atoms. The van der Waals surface area contributed by atoms with Crippen LogP contribution >= 0.6 is 11.6 Å². The molecular formula is C25H21ClF3N7O3S. The van der Waals surface area contributed by atoms with Gasteiger partial charge in [-0.2, -0.15) is 22.6 Å². The van der Waals surface area contributed by atoms with Gasteiger partial charge in [0.2, 0.25) is 10.0 Å². The number of nitrogens with zero attached hydrogens (tertiary/aromatic N) is 7. The number of carbonyl (C=O) groups is 1. The summed E-state index contributed by atoms with van der Waals surface area (Å²) in [5, 5.41) is 3.88. The van der Waals surface area contributed by atoms with Crippen LogP contribution in [0.4, 0.5) is 24.7 Å². The van der Waals surface area contributed by atoms with Crippen LogP contribution in [0.15, 0.2) is 59.9 Å². The van der Waals surface area contributed by atoms with Gasteiger partial charge in [0.15, 0.2) is 5.65 Å². The van der Waals surface area contributed by atoms with Gasteiger partial charge in [-0.15, -0.1) is 0 Å². The topological polar surface area (TPSA) is 104 Å². The first-order valence-corrected chi connectivity index (χ1v) is 14.1. The van der Waals surface area contributed by atoms with E-state index in [1.807, 2.05) is 0 Å². The minimum absolute atomic E-state index is 0.0422. The molecule has 5 heterocycles. The summed E-state index contributed by atoms with van der Waals surface area (Å²) < 4.78 is 69.3. The molecule has 10 nitrogen and oxygen atoms in total. The van der Waals surface area contributed by atoms with Crippen molar-refractivity contribution >= 4 is 44.7 Å². The standard InChI is InChI=1S/C25H21ClF3N7O3S/c26-21-13-17(25(27,28)29)14-22(32-21)33-8-10-34(11-9-33)40(38,39)18-2-3-20-16(12-18)4-7-35(20)24(37)19-15-31-36-6-1-5-30-23(19)36/h1-3,5-6,12-15H,4,7-11H2. The Morgan fingerprint density at radius 2 is 1.80 bits per heavy atom. The van der Waals surface area contributed by atoms with Gasteiger partial charge in [0.05, 0.1) is 16.7 Å². The molecule has 0 atom stereocenters. The first-order chi connectivity index (χ1) is 19.0. The lowest BCUT2D eigenvalue weighted by Gasteiger charge is -2.35. The van der Waals surface area contributed by atoms with Crippen LogP contribution in [0.2, 0.25) is 5.15 Å². The SMILES string of the molecule is O=C(c1cnn2cccnc12)N1CCc2cc(S(=O)(=O)N3CCN(c4cc(C(F)(F)F)cc(Cl)n4)CC3)ccc21. The van der Waals surface area contributed by atoms with E-state index < -0.39 is 21.8 Å². The summed E-state index contributed by atoms with van der Waals surface area (Å²) in [5.74, 6) is -0.233. The Morgan fingerprint density at radius 1 is 1.02 bits per heavy atom. The van der Waals surface area contributed by atoms with E-state index in [2.05, 4.69) is 15.1 Å². The number of aromatic nitrogens is 4. The van der Waals surface area contributed by atoms with E-state index in [-0.39, 0.29) is 48.0 Å². The van der Waals surface area contributed by atoms with E-state index in [4.69, 9.17) is 11.6 Å². The van der Waals surface area contributed by atoms with Crippen molar-refractivity contribution in [3.63, 3.8) is 0 Å². The van der Waals surface area contributed by atoms with E-state index in [1.54, 1.807) is 40.4 Å². The molecule has 2 aliphatic rings. The predicted molar refractivity (Wildman–Crippen MR) is 140 cm³/mol. The lowest BCUT2D eigenvalue weighted by molar-refractivity contribution is -0.137. The number of hydrogen-bond acceptors (Lipinski definition) is 7. The maximum absolute atomic E-state index is 13.4. The fourth-order valence-electron chi connectivity index (χ4n) is 4.99. The minimum atomic E-state index is -4.58. The van der Waals surface area contributed by atoms with Crippen molar-refractivity contribution < 1.29 is 26.4 Å². The van der Waals surface area contributed by atoms with Crippen LogP contribution in [0, 0.1) is 0 Å². The Labute approximate surface area is 231 Å². The van der Waals surface area contributed by atoms with Crippen molar-refractivity contribution in [1.29, 1.82) is 0 Å². The molecule has 0 saturated carbocycles. The average Bonchev–Trinajstić information content (AvgIpc) is 3.56. The molecule has 0 unspecified atom stereocenters. The maximum Gasteiger partial charge on any atom is 0.416 e. The summed E-state index contributed by atoms with van der Waals surface area (Å²) in [7, 11) is -3.89. The summed E-state index contributed by atoms with van der Waals surface area (Å²) in [4.78, 5) is 24.8. The molecule has 6 rings (SSSR count). The van der Waals surface area contributed by atoms with Crippen molar-refractivity contribution in [1.82, 2.24) is 23.9 Å². The second kappa shape index (κ2) is 9.71. The largest absolute Gasteiger partial charge is 0.416 e. The fourth-order valence-corrected chi connectivity index (χ4v) is 6.67. The zero-order valence-electron chi connectivity index (χ0n) is 20.7. The molecule has 1 fully saturated rings. The molecule has 4 aromatic rings. The Bertz CT molecular complexity index is 1740. The number of halogens is 4. The van der Waals surface area contributed by atoms with Crippen LogP contribution in [0.5, 0.6) is 0 Å². The number of sulfonamides is 1. The Kier molecular flexibility index (Phi) is 6.43. The molecule has 0 radical (unpaired) electrons. The van der Waals surface area contributed by atoms with Crippen LogP contribution in [-0.2, 0) is 22.6 Å². The Hall–Kier alpha value is -3.75. The molecule has 208 valence electrons. The third kappa shape index (κ3) is 4.65. The summed E-state index contributed by atoms with van der Waals surface area (Å²) >= 11 is 5.81. The van der Waals surface area contributed by atoms with Crippen LogP contribution in [0.25, 0.3) is 5.65 Å². The van der Waals surface area contributed by atoms with Crippen LogP contribution in [0.1, 0.15) is 21.5 Å². The number of hydrogen-bond donors (Lipinski definition) is 0. The highest BCUT2D eigenvalue weighted by Crippen LogP contribution is 2.35. The molecule has 0 N–H and O–H groups in total. The van der Waals surface area contributed by atoms with Gasteiger partial charge in [0, 0.05) is 50.8 Å². The molecule has 0 spiro atoms. The minimum Gasteiger partial charge on any atom is -0.354 e. The molecule has 15 heteroatoms. The van der Waals surface area contributed by atoms with Gasteiger partial charge >= 0.3 is 6.18 Å². The highest BCUT2D eigenvalue weighted by Gasteiger charge is 2.35. The number of alkyl halides is 3. The second-order valence-corrected chi connectivity index (χ2v) is 11.7. The molecule has 1 amide bonds. The molecule has 2 aliphatic heterocycles. The molecule has 0 bridgehead atoms. The maximum atomic E-state index is 13.4. The third-order valence-electron chi connectivity index (χ3n) is 7.01. The second-order valence-electron chi connectivity index (χ2n) is 9.37. The van der Waals surface area contributed by atoms with Crippen LogP contribution in [0.3, 0.4) is 0 Å². The lowest BCUT2D eigenvalue weighted by Crippen LogP contribution is -2.49. The van der Waals surface area contributed by atoms with Crippen LogP contribution < -0.4 is 9.80 Å². The number of carbonyl (C=O) groups excluding carboxylic acids is 1. The van der Waals surface area contributed by atoms with E-state index in [0.29, 0.717) is 29.9 Å². The van der Waals surface area contributed by atoms with E-state index in [1.165, 1.54) is 21.1 Å². The smallest absolute Gasteiger partial charge is 0.354 e. The zero-order valence-corrected chi connectivity index (χ0v) is 22.3. The summed E-state index contributed by atoms with van der Waals surface area (Å²) in [5.41, 5.74) is 1.21. The molecule has 1 saturated heterocycles. The number of pyridine rings is 1. The van der Waals surface area contributed by atoms with E-state index >= 15 is 0 Å². The monoisotopic (exact) mass is 591 g/mol. The highest BCUT2D eigenvalue weighted by atomic mass is 35.5. The van der Waals surface area contributed by atoms with Gasteiger partial charge in [-0.25, -0.2) is 22.9 Å². The highest BCUT2D eigenvalue weighted by molar-refractivity contribution is 7.89. The van der Waals surface area contributed by atoms with Crippen molar-refractivity contribution in [2.75, 3.05) is 42.5 Å². The summed E-state index contributed by atoms with van der Waals surface area (Å²) in [6, 6.07) is 8.04. The van der Waals surface area contributed by atoms with Crippen molar-refractivity contribution in [3.8, 4) is 0 Å². The van der Waals surface area contributed by atoms with Gasteiger partial charge in [-0.1, -0.05) is 11.6 Å². The van der Waals surface area contributed by atoms with Gasteiger partial charge in [-0.05, 0) is 48.4 Å². The third-order valence-corrected chi connectivity index (χ3v) is 9.10. The quantitative estimate of drug-likeness (QED) is 0.335. The van der Waals surface area contributed by atoms with Crippen LogP contribution in [-0.4, -0.2) is 70.9 Å². The van der Waals surface area contributed by atoms with Gasteiger partial charge in [0.25, 0.3) is 5.91 Å². The van der Waals surface area contributed by atoms with Gasteiger partial charge in [0.1, 0.15) is 16.5 Å². The molecule has 0 aliphatic carbocycles. The number of amides is 1. The molecular weight excluding hydrogens is 571 g/mol. The van der Waals surface area contributed by atoms with Crippen molar-refractivity contribution in [3.05, 3.63) is 76.8 Å². The Morgan fingerprint density at radius 3 is 2.55 bits per heavy atom. The number of piperazine rings is 1. The van der Waals surface area contributed by atoms with Gasteiger partial charge < -0.3 is 9.80 Å². The normalized spacial score (nSPS) is 16.5. The zero-order chi connectivity index (χ0) is 28.2. The Balaban J connectivity index is 1.18.